The van der Waals surface area contributed by atoms with Crippen LogP contribution in [0, 0.1) is 0 Å². The highest BCUT2D eigenvalue weighted by atomic mass is 79.9. The normalized spacial score (nSPS) is 10.0. The van der Waals surface area contributed by atoms with Gasteiger partial charge in [0.15, 0.2) is 0 Å². The second-order valence-corrected chi connectivity index (χ2v) is 4.66. The zero-order chi connectivity index (χ0) is 12.8. The van der Waals surface area contributed by atoms with Crippen LogP contribution in [-0.2, 0) is 16.0 Å². The van der Waals surface area contributed by atoms with Gasteiger partial charge < -0.3 is 10.6 Å². The summed E-state index contributed by atoms with van der Waals surface area (Å²) in [5.41, 5.74) is 6.10. The van der Waals surface area contributed by atoms with Crippen LogP contribution < -0.4 is 5.73 Å². The fourth-order valence-electron chi connectivity index (χ4n) is 1.46. The number of amides is 2. The Morgan fingerprint density at radius 2 is 2.00 bits per heavy atom. The number of nitrogens with zero attached hydrogens (tertiary/aromatic N) is 1. The molecule has 0 aromatic heterocycles. The van der Waals surface area contributed by atoms with Gasteiger partial charge in [0.05, 0.1) is 6.54 Å². The quantitative estimate of drug-likeness (QED) is 0.891. The molecule has 1 aromatic rings. The Bertz CT molecular complexity index is 421. The first-order valence-corrected chi connectivity index (χ1v) is 6.05. The molecule has 0 heterocycles. The van der Waals surface area contributed by atoms with Crippen molar-refractivity contribution in [2.24, 2.45) is 5.73 Å². The monoisotopic (exact) mass is 298 g/mol. The van der Waals surface area contributed by atoms with Gasteiger partial charge in [-0.1, -0.05) is 34.1 Å². The number of halogens is 1. The van der Waals surface area contributed by atoms with Gasteiger partial charge in [0.1, 0.15) is 0 Å². The van der Waals surface area contributed by atoms with E-state index in [1.165, 1.54) is 4.90 Å². The summed E-state index contributed by atoms with van der Waals surface area (Å²) >= 11 is 3.42. The summed E-state index contributed by atoms with van der Waals surface area (Å²) in [5.74, 6) is -0.582. The molecule has 5 heteroatoms. The first-order chi connectivity index (χ1) is 8.00. The average Bonchev–Trinajstić information content (AvgIpc) is 2.26. The number of nitrogens with two attached hydrogens (primary N) is 1. The number of rotatable bonds is 5. The van der Waals surface area contributed by atoms with Crippen molar-refractivity contribution in [3.05, 3.63) is 34.3 Å². The van der Waals surface area contributed by atoms with E-state index in [1.807, 2.05) is 24.3 Å². The van der Waals surface area contributed by atoms with Crippen molar-refractivity contribution in [2.75, 3.05) is 13.6 Å². The van der Waals surface area contributed by atoms with Gasteiger partial charge in [0.25, 0.3) is 0 Å². The van der Waals surface area contributed by atoms with E-state index in [0.717, 1.165) is 10.0 Å². The molecule has 0 spiro atoms. The molecule has 0 aliphatic heterocycles. The summed E-state index contributed by atoms with van der Waals surface area (Å²) < 4.78 is 0.991. The van der Waals surface area contributed by atoms with E-state index in [2.05, 4.69) is 15.9 Å². The summed E-state index contributed by atoms with van der Waals surface area (Å²) in [7, 11) is 1.58. The van der Waals surface area contributed by atoms with Gasteiger partial charge in [-0.3, -0.25) is 9.59 Å². The molecule has 0 unspecified atom stereocenters. The second-order valence-electron chi connectivity index (χ2n) is 3.81. The van der Waals surface area contributed by atoms with Gasteiger partial charge in [-0.05, 0) is 18.1 Å². The van der Waals surface area contributed by atoms with E-state index in [4.69, 9.17) is 5.73 Å². The smallest absolute Gasteiger partial charge is 0.237 e. The molecule has 4 nitrogen and oxygen atoms in total. The number of carbonyl (C=O) groups excluding carboxylic acids is 2. The number of aryl methyl sites for hydroxylation is 1. The third kappa shape index (κ3) is 4.56. The van der Waals surface area contributed by atoms with Crippen molar-refractivity contribution in [1.29, 1.82) is 0 Å². The van der Waals surface area contributed by atoms with Crippen molar-refractivity contribution in [3.63, 3.8) is 0 Å². The van der Waals surface area contributed by atoms with E-state index in [1.54, 1.807) is 7.05 Å². The number of likely N-dealkylation sites (N-methyl/N-ethyl adjacent to an activating group) is 1. The Morgan fingerprint density at radius 1 is 1.35 bits per heavy atom. The molecular formula is C12H15BrN2O2. The van der Waals surface area contributed by atoms with Crippen molar-refractivity contribution < 1.29 is 9.59 Å². The fraction of sp³-hybridized carbons (Fsp3) is 0.333. The molecule has 0 saturated heterocycles. The maximum atomic E-state index is 11.7. The molecule has 17 heavy (non-hydrogen) atoms. The molecule has 0 bridgehead atoms. The van der Waals surface area contributed by atoms with Gasteiger partial charge in [-0.25, -0.2) is 0 Å². The zero-order valence-corrected chi connectivity index (χ0v) is 11.2. The van der Waals surface area contributed by atoms with Gasteiger partial charge in [-0.15, -0.1) is 0 Å². The van der Waals surface area contributed by atoms with E-state index >= 15 is 0 Å². The molecule has 2 amide bonds. The molecule has 0 aliphatic carbocycles. The Labute approximate surface area is 109 Å². The lowest BCUT2D eigenvalue weighted by molar-refractivity contribution is -0.133. The highest BCUT2D eigenvalue weighted by Crippen LogP contribution is 2.17. The lowest BCUT2D eigenvalue weighted by Crippen LogP contribution is -2.35. The predicted molar refractivity (Wildman–Crippen MR) is 69.3 cm³/mol. The zero-order valence-electron chi connectivity index (χ0n) is 9.65. The molecule has 1 aromatic carbocycles. The summed E-state index contributed by atoms with van der Waals surface area (Å²) in [6.07, 6.45) is 1.01. The standard InChI is InChI=1S/C12H15BrN2O2/c1-15(8-11(14)16)12(17)7-6-9-4-2-3-5-10(9)13/h2-5H,6-8H2,1H3,(H2,14,16). The van der Waals surface area contributed by atoms with Crippen LogP contribution in [0.3, 0.4) is 0 Å². The third-order valence-electron chi connectivity index (χ3n) is 2.38. The van der Waals surface area contributed by atoms with Crippen LogP contribution in [0.25, 0.3) is 0 Å². The molecule has 0 saturated carbocycles. The Kier molecular flexibility index (Phi) is 5.15. The van der Waals surface area contributed by atoms with Gasteiger partial charge in [0, 0.05) is 17.9 Å². The molecule has 92 valence electrons. The van der Waals surface area contributed by atoms with Gasteiger partial charge in [-0.2, -0.15) is 0 Å². The minimum atomic E-state index is -0.498. The maximum absolute atomic E-state index is 11.7. The van der Waals surface area contributed by atoms with Crippen LogP contribution in [0.5, 0.6) is 0 Å². The molecule has 2 N–H and O–H groups in total. The Balaban J connectivity index is 2.48. The van der Waals surface area contributed by atoms with Crippen molar-refractivity contribution in [1.82, 2.24) is 4.90 Å². The van der Waals surface area contributed by atoms with Gasteiger partial charge in [0.2, 0.25) is 11.8 Å². The van der Waals surface area contributed by atoms with Crippen molar-refractivity contribution in [2.45, 2.75) is 12.8 Å². The molecular weight excluding hydrogens is 284 g/mol. The molecule has 0 radical (unpaired) electrons. The molecule has 0 fully saturated rings. The number of hydrogen-bond donors (Lipinski definition) is 1. The minimum absolute atomic E-state index is 0.0329. The SMILES string of the molecule is CN(CC(N)=O)C(=O)CCc1ccccc1Br. The number of hydrogen-bond acceptors (Lipinski definition) is 2. The number of benzene rings is 1. The fourth-order valence-corrected chi connectivity index (χ4v) is 1.94. The summed E-state index contributed by atoms with van der Waals surface area (Å²) in [6.45, 7) is -0.0329. The number of primary amides is 1. The Morgan fingerprint density at radius 3 is 2.59 bits per heavy atom. The van der Waals surface area contributed by atoms with Crippen LogP contribution in [-0.4, -0.2) is 30.3 Å². The minimum Gasteiger partial charge on any atom is -0.368 e. The summed E-state index contributed by atoms with van der Waals surface area (Å²) in [6, 6.07) is 7.75. The van der Waals surface area contributed by atoms with Crippen LogP contribution in [0.15, 0.2) is 28.7 Å². The lowest BCUT2D eigenvalue weighted by atomic mass is 10.1. The lowest BCUT2D eigenvalue weighted by Gasteiger charge is -2.15. The van der Waals surface area contributed by atoms with Crippen LogP contribution >= 0.6 is 15.9 Å². The highest BCUT2D eigenvalue weighted by Gasteiger charge is 2.11. The van der Waals surface area contributed by atoms with Crippen LogP contribution in [0.2, 0.25) is 0 Å². The number of carbonyl (C=O) groups is 2. The first kappa shape index (κ1) is 13.7. The summed E-state index contributed by atoms with van der Waals surface area (Å²) in [5, 5.41) is 0. The van der Waals surface area contributed by atoms with E-state index < -0.39 is 5.91 Å². The summed E-state index contributed by atoms with van der Waals surface area (Å²) in [4.78, 5) is 23.7. The first-order valence-electron chi connectivity index (χ1n) is 5.26. The highest BCUT2D eigenvalue weighted by molar-refractivity contribution is 9.10. The van der Waals surface area contributed by atoms with E-state index in [0.29, 0.717) is 12.8 Å². The van der Waals surface area contributed by atoms with Crippen molar-refractivity contribution >= 4 is 27.7 Å². The second kappa shape index (κ2) is 6.39. The van der Waals surface area contributed by atoms with E-state index in [9.17, 15) is 9.59 Å². The van der Waals surface area contributed by atoms with Crippen molar-refractivity contribution in [3.8, 4) is 0 Å². The predicted octanol–water partition coefficient (Wildman–Crippen LogP) is 1.33. The van der Waals surface area contributed by atoms with Crippen LogP contribution in [0.4, 0.5) is 0 Å². The third-order valence-corrected chi connectivity index (χ3v) is 3.16. The molecule has 1 rings (SSSR count). The largest absolute Gasteiger partial charge is 0.368 e. The average molecular weight is 299 g/mol. The Hall–Kier alpha value is -1.36. The van der Waals surface area contributed by atoms with E-state index in [-0.39, 0.29) is 12.5 Å². The van der Waals surface area contributed by atoms with Crippen LogP contribution in [0.1, 0.15) is 12.0 Å². The molecule has 0 aliphatic rings. The molecule has 0 atom stereocenters. The van der Waals surface area contributed by atoms with Gasteiger partial charge >= 0.3 is 0 Å². The maximum Gasteiger partial charge on any atom is 0.237 e. The topological polar surface area (TPSA) is 63.4 Å².